The van der Waals surface area contributed by atoms with Crippen LogP contribution in [0.3, 0.4) is 0 Å². The number of alkyl halides is 3. The highest BCUT2D eigenvalue weighted by Gasteiger charge is 2.55. The van der Waals surface area contributed by atoms with Crippen LogP contribution in [0.2, 0.25) is 0 Å². The van der Waals surface area contributed by atoms with Gasteiger partial charge in [0.05, 0.1) is 30.2 Å². The van der Waals surface area contributed by atoms with Crippen LogP contribution in [-0.4, -0.2) is 48.0 Å². The number of amides is 1. The average Bonchev–Trinajstić information content (AvgIpc) is 3.31. The van der Waals surface area contributed by atoms with Crippen molar-refractivity contribution in [2.75, 3.05) is 6.54 Å². The number of aromatic nitrogens is 4. The molecule has 8 nitrogen and oxygen atoms in total. The highest BCUT2D eigenvalue weighted by atomic mass is 19.4. The van der Waals surface area contributed by atoms with Gasteiger partial charge in [-0.3, -0.25) is 9.48 Å². The van der Waals surface area contributed by atoms with Crippen LogP contribution in [0, 0.1) is 11.3 Å². The minimum absolute atomic E-state index is 0.0128. The van der Waals surface area contributed by atoms with Crippen molar-refractivity contribution in [3.05, 3.63) is 34.7 Å². The largest absolute Gasteiger partial charge is 0.424 e. The molecule has 2 aromatic heterocycles. The second kappa shape index (κ2) is 6.57. The standard InChI is InChI=1S/C19H21F3N6O2/c1-10-8-27(9-12-7-24-17(28(10)12)18(2,30)19(20,21)22)16(29)15-13(6-23)14(11-4-5-11)25-26(15)3/h7,10-11,30H,4-5,8-9H2,1-3H3/t10-,18+/m0/s1. The van der Waals surface area contributed by atoms with Crippen molar-refractivity contribution in [2.45, 2.75) is 57.0 Å². The molecule has 1 saturated carbocycles. The van der Waals surface area contributed by atoms with Gasteiger partial charge in [0.1, 0.15) is 17.3 Å². The first-order chi connectivity index (χ1) is 14.0. The maximum atomic E-state index is 13.3. The molecular formula is C19H21F3N6O2. The Bertz CT molecular complexity index is 1060. The molecule has 3 heterocycles. The van der Waals surface area contributed by atoms with Gasteiger partial charge in [0, 0.05) is 19.5 Å². The van der Waals surface area contributed by atoms with Gasteiger partial charge in [-0.05, 0) is 26.7 Å². The third-order valence-corrected chi connectivity index (χ3v) is 5.78. The van der Waals surface area contributed by atoms with Gasteiger partial charge in [-0.25, -0.2) is 4.98 Å². The molecule has 2 aliphatic rings. The summed E-state index contributed by atoms with van der Waals surface area (Å²) in [5.41, 5.74) is -1.66. The van der Waals surface area contributed by atoms with Crippen LogP contribution in [0.15, 0.2) is 6.20 Å². The zero-order valence-electron chi connectivity index (χ0n) is 16.7. The van der Waals surface area contributed by atoms with E-state index in [1.54, 1.807) is 14.0 Å². The lowest BCUT2D eigenvalue weighted by atomic mass is 10.0. The molecule has 2 atom stereocenters. The fourth-order valence-electron chi connectivity index (χ4n) is 4.00. The van der Waals surface area contributed by atoms with E-state index in [1.165, 1.54) is 20.3 Å². The average molecular weight is 422 g/mol. The quantitative estimate of drug-likeness (QED) is 0.819. The number of aryl methyl sites for hydroxylation is 1. The zero-order chi connectivity index (χ0) is 22.0. The summed E-state index contributed by atoms with van der Waals surface area (Å²) >= 11 is 0. The molecule has 1 fully saturated rings. The van der Waals surface area contributed by atoms with Crippen LogP contribution in [-0.2, 0) is 19.2 Å². The summed E-state index contributed by atoms with van der Waals surface area (Å²) < 4.78 is 42.7. The number of hydrogen-bond acceptors (Lipinski definition) is 5. The third kappa shape index (κ3) is 2.98. The lowest BCUT2D eigenvalue weighted by molar-refractivity contribution is -0.263. The lowest BCUT2D eigenvalue weighted by Crippen LogP contribution is -2.46. The first-order valence-electron chi connectivity index (χ1n) is 9.59. The summed E-state index contributed by atoms with van der Waals surface area (Å²) in [6.45, 7) is 2.45. The van der Waals surface area contributed by atoms with Gasteiger partial charge in [-0.1, -0.05) is 0 Å². The van der Waals surface area contributed by atoms with Crippen molar-refractivity contribution in [3.63, 3.8) is 0 Å². The molecular weight excluding hydrogens is 401 g/mol. The fourth-order valence-corrected chi connectivity index (χ4v) is 4.00. The van der Waals surface area contributed by atoms with Gasteiger partial charge >= 0.3 is 6.18 Å². The lowest BCUT2D eigenvalue weighted by Gasteiger charge is -2.36. The summed E-state index contributed by atoms with van der Waals surface area (Å²) in [7, 11) is 1.61. The SMILES string of the molecule is C[C@H]1CN(C(=O)c2c(C#N)c(C3CC3)nn2C)Cc2cnc([C@@](C)(O)C(F)(F)F)n21. The van der Waals surface area contributed by atoms with Gasteiger partial charge in [0.15, 0.2) is 5.82 Å². The number of halogens is 3. The van der Waals surface area contributed by atoms with Crippen molar-refractivity contribution in [2.24, 2.45) is 7.05 Å². The number of carbonyl (C=O) groups excluding carboxylic acids is 1. The van der Waals surface area contributed by atoms with Crippen LogP contribution in [0.1, 0.15) is 71.9 Å². The zero-order valence-corrected chi connectivity index (χ0v) is 16.7. The molecule has 1 amide bonds. The Morgan fingerprint density at radius 3 is 2.60 bits per heavy atom. The summed E-state index contributed by atoms with van der Waals surface area (Å²) in [6, 6.07) is 1.54. The number of imidazole rings is 1. The maximum Gasteiger partial charge on any atom is 0.424 e. The van der Waals surface area contributed by atoms with Gasteiger partial charge in [0.25, 0.3) is 5.91 Å². The molecule has 0 spiro atoms. The second-order valence-electron chi connectivity index (χ2n) is 8.17. The molecule has 2 aromatic rings. The maximum absolute atomic E-state index is 13.3. The summed E-state index contributed by atoms with van der Waals surface area (Å²) in [6.07, 6.45) is -1.78. The van der Waals surface area contributed by atoms with Gasteiger partial charge in [-0.15, -0.1) is 0 Å². The Morgan fingerprint density at radius 1 is 1.37 bits per heavy atom. The van der Waals surface area contributed by atoms with E-state index in [1.807, 2.05) is 0 Å². The molecule has 0 unspecified atom stereocenters. The van der Waals surface area contributed by atoms with Crippen molar-refractivity contribution in [1.29, 1.82) is 5.26 Å². The first-order valence-corrected chi connectivity index (χ1v) is 9.59. The van der Waals surface area contributed by atoms with E-state index >= 15 is 0 Å². The van der Waals surface area contributed by atoms with E-state index in [-0.39, 0.29) is 30.3 Å². The Kier molecular flexibility index (Phi) is 4.47. The van der Waals surface area contributed by atoms with Crippen LogP contribution in [0.5, 0.6) is 0 Å². The van der Waals surface area contributed by atoms with Gasteiger partial charge in [-0.2, -0.15) is 23.5 Å². The molecule has 1 aliphatic heterocycles. The van der Waals surface area contributed by atoms with E-state index in [0.29, 0.717) is 18.3 Å². The van der Waals surface area contributed by atoms with Crippen molar-refractivity contribution in [3.8, 4) is 6.07 Å². The number of hydrogen-bond donors (Lipinski definition) is 1. The normalized spacial score (nSPS) is 21.1. The molecule has 1 aliphatic carbocycles. The monoisotopic (exact) mass is 422 g/mol. The second-order valence-corrected chi connectivity index (χ2v) is 8.17. The number of rotatable bonds is 3. The Hall–Kier alpha value is -2.87. The summed E-state index contributed by atoms with van der Waals surface area (Å²) in [5.74, 6) is -0.711. The van der Waals surface area contributed by atoms with Crippen LogP contribution in [0.25, 0.3) is 0 Å². The van der Waals surface area contributed by atoms with E-state index in [9.17, 15) is 28.3 Å². The molecule has 4 rings (SSSR count). The number of fused-ring (bicyclic) bond motifs is 1. The minimum Gasteiger partial charge on any atom is -0.374 e. The molecule has 0 bridgehead atoms. The third-order valence-electron chi connectivity index (χ3n) is 5.78. The topological polar surface area (TPSA) is 100.0 Å². The Labute approximate surface area is 170 Å². The van der Waals surface area contributed by atoms with Gasteiger partial charge < -0.3 is 14.6 Å². The molecule has 11 heteroatoms. The first kappa shape index (κ1) is 20.4. The van der Waals surface area contributed by atoms with E-state index in [2.05, 4.69) is 16.2 Å². The number of nitrogens with zero attached hydrogens (tertiary/aromatic N) is 6. The highest BCUT2D eigenvalue weighted by Crippen LogP contribution is 2.42. The predicted molar refractivity (Wildman–Crippen MR) is 97.2 cm³/mol. The smallest absolute Gasteiger partial charge is 0.374 e. The fraction of sp³-hybridized carbons (Fsp3) is 0.579. The molecule has 0 aromatic carbocycles. The molecule has 0 radical (unpaired) electrons. The van der Waals surface area contributed by atoms with Crippen molar-refractivity contribution < 1.29 is 23.1 Å². The molecule has 160 valence electrons. The summed E-state index contributed by atoms with van der Waals surface area (Å²) in [5, 5.41) is 24.0. The predicted octanol–water partition coefficient (Wildman–Crippen LogP) is 2.35. The Balaban J connectivity index is 1.67. The Morgan fingerprint density at radius 2 is 2.03 bits per heavy atom. The minimum atomic E-state index is -4.89. The van der Waals surface area contributed by atoms with Crippen LogP contribution in [0.4, 0.5) is 13.2 Å². The molecule has 0 saturated heterocycles. The highest BCUT2D eigenvalue weighted by molar-refractivity contribution is 5.95. The number of aliphatic hydroxyl groups is 1. The number of carbonyl (C=O) groups is 1. The summed E-state index contributed by atoms with van der Waals surface area (Å²) in [4.78, 5) is 18.5. The number of nitriles is 1. The van der Waals surface area contributed by atoms with Crippen LogP contribution < -0.4 is 0 Å². The van der Waals surface area contributed by atoms with E-state index < -0.39 is 29.6 Å². The van der Waals surface area contributed by atoms with Crippen LogP contribution >= 0.6 is 0 Å². The van der Waals surface area contributed by atoms with Gasteiger partial charge in [0.2, 0.25) is 5.60 Å². The molecule has 30 heavy (non-hydrogen) atoms. The van der Waals surface area contributed by atoms with Crippen molar-refractivity contribution in [1.82, 2.24) is 24.2 Å². The van der Waals surface area contributed by atoms with Crippen molar-refractivity contribution >= 4 is 5.91 Å². The molecule has 1 N–H and O–H groups in total. The van der Waals surface area contributed by atoms with E-state index in [4.69, 9.17) is 0 Å². The van der Waals surface area contributed by atoms with E-state index in [0.717, 1.165) is 12.8 Å².